The maximum Gasteiger partial charge on any atom is 0.274 e. The van der Waals surface area contributed by atoms with E-state index in [2.05, 4.69) is 26.3 Å². The van der Waals surface area contributed by atoms with Crippen molar-refractivity contribution in [3.8, 4) is 29.0 Å². The summed E-state index contributed by atoms with van der Waals surface area (Å²) >= 11 is 0. The van der Waals surface area contributed by atoms with Crippen LogP contribution in [-0.4, -0.2) is 51.8 Å². The largest absolute Gasteiger partial charge is 0.488 e. The second kappa shape index (κ2) is 12.3. The number of hydrogen-bond donors (Lipinski definition) is 2. The van der Waals surface area contributed by atoms with Crippen LogP contribution < -0.4 is 19.7 Å². The van der Waals surface area contributed by atoms with E-state index < -0.39 is 11.7 Å². The number of carbonyl (C=O) groups is 1. The molecule has 224 valence electrons. The molecule has 1 spiro atoms. The van der Waals surface area contributed by atoms with Gasteiger partial charge in [-0.2, -0.15) is 5.26 Å². The van der Waals surface area contributed by atoms with Gasteiger partial charge in [-0.15, -0.1) is 0 Å². The van der Waals surface area contributed by atoms with Gasteiger partial charge in [-0.1, -0.05) is 6.07 Å². The molecule has 0 unspecified atom stereocenters. The molecule has 0 bridgehead atoms. The Bertz CT molecular complexity index is 1730. The molecule has 4 aromatic rings. The number of nitrogens with zero attached hydrogens (tertiary/aromatic N) is 5. The molecule has 2 aliphatic rings. The van der Waals surface area contributed by atoms with Gasteiger partial charge in [0.05, 0.1) is 53.7 Å². The summed E-state index contributed by atoms with van der Waals surface area (Å²) in [7, 11) is 0. The fraction of sp³-hybridized carbons (Fsp3) is 0.303. The average molecular weight is 595 g/mol. The van der Waals surface area contributed by atoms with Crippen molar-refractivity contribution < 1.29 is 23.8 Å². The molecule has 3 aromatic heterocycles. The van der Waals surface area contributed by atoms with Gasteiger partial charge in [0.25, 0.3) is 5.91 Å². The van der Waals surface area contributed by atoms with Crippen molar-refractivity contribution in [1.82, 2.24) is 20.3 Å². The summed E-state index contributed by atoms with van der Waals surface area (Å²) in [6.45, 7) is 3.75. The van der Waals surface area contributed by atoms with E-state index >= 15 is 0 Å². The highest BCUT2D eigenvalue weighted by Gasteiger charge is 2.54. The van der Waals surface area contributed by atoms with Crippen LogP contribution in [0.4, 0.5) is 10.1 Å². The molecular formula is C33H31FN6O4. The quantitative estimate of drug-likeness (QED) is 0.274. The lowest BCUT2D eigenvalue weighted by atomic mass is 9.61. The number of rotatable bonds is 10. The molecule has 0 radical (unpaired) electrons. The molecule has 44 heavy (non-hydrogen) atoms. The van der Waals surface area contributed by atoms with Crippen LogP contribution in [0.1, 0.15) is 47.2 Å². The van der Waals surface area contributed by atoms with E-state index in [0.717, 1.165) is 31.6 Å². The van der Waals surface area contributed by atoms with Crippen molar-refractivity contribution in [2.24, 2.45) is 5.41 Å². The fourth-order valence-corrected chi connectivity index (χ4v) is 5.90. The molecule has 1 saturated carbocycles. The summed E-state index contributed by atoms with van der Waals surface area (Å²) in [6, 6.07) is 18.8. The number of anilines is 1. The highest BCUT2D eigenvalue weighted by molar-refractivity contribution is 5.95. The smallest absolute Gasteiger partial charge is 0.274 e. The van der Waals surface area contributed by atoms with Gasteiger partial charge in [-0.3, -0.25) is 9.78 Å². The first kappa shape index (κ1) is 29.0. The number of nitrogens with one attached hydrogen (secondary N) is 1. The van der Waals surface area contributed by atoms with Crippen LogP contribution in [0, 0.1) is 22.6 Å². The number of aliphatic hydroxyl groups is 1. The highest BCUT2D eigenvalue weighted by atomic mass is 19.1. The minimum absolute atomic E-state index is 0.0487. The Kier molecular flexibility index (Phi) is 8.09. The summed E-state index contributed by atoms with van der Waals surface area (Å²) in [6.07, 6.45) is 3.09. The normalized spacial score (nSPS) is 15.2. The van der Waals surface area contributed by atoms with Crippen molar-refractivity contribution in [3.63, 3.8) is 0 Å². The summed E-state index contributed by atoms with van der Waals surface area (Å²) in [5.41, 5.74) is 3.54. The number of aromatic nitrogens is 3. The van der Waals surface area contributed by atoms with Gasteiger partial charge in [-0.05, 0) is 74.4 Å². The monoisotopic (exact) mass is 594 g/mol. The third kappa shape index (κ3) is 5.89. The van der Waals surface area contributed by atoms with Crippen LogP contribution in [0.25, 0.3) is 11.3 Å². The first-order valence-electron chi connectivity index (χ1n) is 14.4. The van der Waals surface area contributed by atoms with Crippen LogP contribution in [0.5, 0.6) is 11.6 Å². The predicted molar refractivity (Wildman–Crippen MR) is 159 cm³/mol. The van der Waals surface area contributed by atoms with Crippen LogP contribution in [0.3, 0.4) is 0 Å². The molecule has 1 amide bonds. The maximum absolute atomic E-state index is 13.6. The van der Waals surface area contributed by atoms with Crippen LogP contribution in [0.2, 0.25) is 0 Å². The standard InChI is InChI=1S/C33H31FN6O4/c1-2-43-32-26(7-4-12-36-32)27-9-11-29(30(39-27)31(42)37-17-23-5-3-6-24(18-41)38-23)44-25-14-33(15-25)19-40(20-33)28-10-8-22(34)13-21(28)16-35/h3-13,25,41H,2,14-15,17-20H2,1H3,(H,37,42). The van der Waals surface area contributed by atoms with Crippen molar-refractivity contribution in [2.75, 3.05) is 24.6 Å². The number of amides is 1. The molecular weight excluding hydrogens is 563 g/mol. The number of halogens is 1. The van der Waals surface area contributed by atoms with Gasteiger partial charge >= 0.3 is 0 Å². The second-order valence-corrected chi connectivity index (χ2v) is 11.1. The number of benzene rings is 1. The average Bonchev–Trinajstić information content (AvgIpc) is 3.01. The Morgan fingerprint density at radius 2 is 1.95 bits per heavy atom. The van der Waals surface area contributed by atoms with Gasteiger partial charge < -0.3 is 24.8 Å². The molecule has 1 aliphatic heterocycles. The molecule has 1 aromatic carbocycles. The third-order valence-electron chi connectivity index (χ3n) is 7.95. The fourth-order valence-electron chi connectivity index (χ4n) is 5.90. The first-order valence-corrected chi connectivity index (χ1v) is 14.4. The Balaban J connectivity index is 1.18. The number of nitriles is 1. The van der Waals surface area contributed by atoms with Gasteiger partial charge in [0, 0.05) is 24.7 Å². The van der Waals surface area contributed by atoms with Crippen LogP contribution in [-0.2, 0) is 13.2 Å². The van der Waals surface area contributed by atoms with Gasteiger partial charge in [0.2, 0.25) is 5.88 Å². The van der Waals surface area contributed by atoms with Gasteiger partial charge in [0.1, 0.15) is 18.0 Å². The summed E-state index contributed by atoms with van der Waals surface area (Å²) in [5.74, 6) is -0.0657. The van der Waals surface area contributed by atoms with E-state index in [1.54, 1.807) is 48.7 Å². The van der Waals surface area contributed by atoms with Crippen molar-refractivity contribution >= 4 is 11.6 Å². The molecule has 6 rings (SSSR count). The SMILES string of the molecule is CCOc1ncccc1-c1ccc(OC2CC3(C2)CN(c2ccc(F)cc2C#N)C3)c(C(=O)NCc2cccc(CO)n2)n1. The van der Waals surface area contributed by atoms with E-state index in [4.69, 9.17) is 14.5 Å². The molecule has 1 saturated heterocycles. The number of pyridine rings is 3. The van der Waals surface area contributed by atoms with Crippen molar-refractivity contribution in [3.05, 3.63) is 95.3 Å². The molecule has 10 nitrogen and oxygen atoms in total. The third-order valence-corrected chi connectivity index (χ3v) is 7.95. The van der Waals surface area contributed by atoms with E-state index in [9.17, 15) is 19.6 Å². The zero-order valence-corrected chi connectivity index (χ0v) is 24.2. The Hall–Kier alpha value is -5.08. The minimum atomic E-state index is -0.427. The lowest BCUT2D eigenvalue weighted by molar-refractivity contribution is -0.0344. The van der Waals surface area contributed by atoms with E-state index in [-0.39, 0.29) is 30.4 Å². The molecule has 4 heterocycles. The Labute approximate surface area is 254 Å². The highest BCUT2D eigenvalue weighted by Crippen LogP contribution is 2.51. The maximum atomic E-state index is 13.6. The number of aliphatic hydroxyl groups excluding tert-OH is 1. The van der Waals surface area contributed by atoms with Crippen LogP contribution >= 0.6 is 0 Å². The predicted octanol–water partition coefficient (Wildman–Crippen LogP) is 4.42. The van der Waals surface area contributed by atoms with Gasteiger partial charge in [0.15, 0.2) is 11.4 Å². The summed E-state index contributed by atoms with van der Waals surface area (Å²) in [4.78, 5) is 29.0. The molecule has 1 aliphatic carbocycles. The lowest BCUT2D eigenvalue weighted by Crippen LogP contribution is -2.65. The zero-order chi connectivity index (χ0) is 30.7. The molecule has 2 N–H and O–H groups in total. The number of carbonyl (C=O) groups excluding carboxylic acids is 1. The summed E-state index contributed by atoms with van der Waals surface area (Å²) < 4.78 is 25.6. The minimum Gasteiger partial charge on any atom is -0.488 e. The zero-order valence-electron chi connectivity index (χ0n) is 24.2. The van der Waals surface area contributed by atoms with Crippen molar-refractivity contribution in [1.29, 1.82) is 5.26 Å². The van der Waals surface area contributed by atoms with E-state index in [0.29, 0.717) is 46.4 Å². The molecule has 0 atom stereocenters. The number of ether oxygens (including phenoxy) is 2. The molecule has 11 heteroatoms. The van der Waals surface area contributed by atoms with E-state index in [1.807, 2.05) is 13.0 Å². The topological polar surface area (TPSA) is 133 Å². The summed E-state index contributed by atoms with van der Waals surface area (Å²) in [5, 5.41) is 21.7. The molecule has 2 fully saturated rings. The first-order chi connectivity index (χ1) is 21.4. The number of hydrogen-bond acceptors (Lipinski definition) is 9. The van der Waals surface area contributed by atoms with Gasteiger partial charge in [-0.25, -0.2) is 14.4 Å². The van der Waals surface area contributed by atoms with Crippen LogP contribution in [0.15, 0.2) is 66.9 Å². The van der Waals surface area contributed by atoms with Crippen molar-refractivity contribution in [2.45, 2.75) is 39.0 Å². The Morgan fingerprint density at radius 1 is 1.14 bits per heavy atom. The lowest BCUT2D eigenvalue weighted by Gasteiger charge is -2.59. The second-order valence-electron chi connectivity index (χ2n) is 11.1. The Morgan fingerprint density at radius 3 is 2.73 bits per heavy atom. The van der Waals surface area contributed by atoms with E-state index in [1.165, 1.54) is 12.1 Å².